The molecule has 0 atom stereocenters. The van der Waals surface area contributed by atoms with Crippen molar-refractivity contribution in [2.24, 2.45) is 0 Å². The van der Waals surface area contributed by atoms with E-state index in [1.165, 1.54) is 0 Å². The number of rotatable bonds is 4. The minimum absolute atomic E-state index is 0.348. The average molecular weight is 247 g/mol. The van der Waals surface area contributed by atoms with Gasteiger partial charge in [-0.25, -0.2) is 4.79 Å². The molecule has 0 radical (unpaired) electrons. The Morgan fingerprint density at radius 2 is 2.11 bits per heavy atom. The highest BCUT2D eigenvalue weighted by Crippen LogP contribution is 2.24. The van der Waals surface area contributed by atoms with Crippen LogP contribution in [-0.4, -0.2) is 23.2 Å². The molecule has 1 heterocycles. The summed E-state index contributed by atoms with van der Waals surface area (Å²) in [6, 6.07) is 7.64. The summed E-state index contributed by atoms with van der Waals surface area (Å²) in [5.41, 5.74) is -0.0110. The molecule has 0 aliphatic carbocycles. The third-order valence-corrected chi connectivity index (χ3v) is 2.67. The lowest BCUT2D eigenvalue weighted by molar-refractivity contribution is -0.158. The Kier molecular flexibility index (Phi) is 3.28. The molecule has 0 fully saturated rings. The van der Waals surface area contributed by atoms with Gasteiger partial charge in [0, 0.05) is 17.8 Å². The number of carbonyl (C=O) groups is 1. The Balaban J connectivity index is 2.19. The van der Waals surface area contributed by atoms with Gasteiger partial charge in [-0.3, -0.25) is 0 Å². The van der Waals surface area contributed by atoms with E-state index in [9.17, 15) is 4.79 Å². The van der Waals surface area contributed by atoms with Crippen LogP contribution in [0.2, 0.25) is 0 Å². The molecule has 4 nitrogen and oxygen atoms in total. The quantitative estimate of drug-likeness (QED) is 0.845. The fourth-order valence-electron chi connectivity index (χ4n) is 1.73. The Hall–Kier alpha value is -1.97. The molecule has 0 unspecified atom stereocenters. The first kappa shape index (κ1) is 12.5. The smallest absolute Gasteiger partial charge is 0.349 e. The standard InChI is InChI=1S/C14H17NO3/c1-4-17-13(16)14(2,3)18-11-6-5-10-7-8-15-12(10)9-11/h5-9,15H,4H2,1-3H3. The van der Waals surface area contributed by atoms with Gasteiger partial charge >= 0.3 is 5.97 Å². The number of hydrogen-bond donors (Lipinski definition) is 1. The van der Waals surface area contributed by atoms with Gasteiger partial charge in [0.05, 0.1) is 6.61 Å². The summed E-state index contributed by atoms with van der Waals surface area (Å²) in [5, 5.41) is 1.11. The van der Waals surface area contributed by atoms with Crippen LogP contribution in [0, 0.1) is 0 Å². The summed E-state index contributed by atoms with van der Waals surface area (Å²) in [6.07, 6.45) is 1.87. The summed E-state index contributed by atoms with van der Waals surface area (Å²) in [4.78, 5) is 14.8. The van der Waals surface area contributed by atoms with E-state index in [0.29, 0.717) is 12.4 Å². The number of aromatic nitrogens is 1. The number of ether oxygens (including phenoxy) is 2. The van der Waals surface area contributed by atoms with E-state index in [1.54, 1.807) is 20.8 Å². The molecule has 0 saturated carbocycles. The molecule has 0 aliphatic heterocycles. The number of carbonyl (C=O) groups excluding carboxylic acids is 1. The first-order valence-electron chi connectivity index (χ1n) is 5.96. The summed E-state index contributed by atoms with van der Waals surface area (Å²) >= 11 is 0. The van der Waals surface area contributed by atoms with Crippen LogP contribution >= 0.6 is 0 Å². The van der Waals surface area contributed by atoms with E-state index in [4.69, 9.17) is 9.47 Å². The summed E-state index contributed by atoms with van der Waals surface area (Å²) < 4.78 is 10.7. The van der Waals surface area contributed by atoms with Crippen molar-refractivity contribution in [2.75, 3.05) is 6.61 Å². The molecule has 4 heteroatoms. The first-order chi connectivity index (χ1) is 8.53. The molecule has 0 amide bonds. The van der Waals surface area contributed by atoms with Crippen molar-refractivity contribution >= 4 is 16.9 Å². The molecular formula is C14H17NO3. The Bertz CT molecular complexity index is 557. The minimum atomic E-state index is -0.990. The number of hydrogen-bond acceptors (Lipinski definition) is 3. The van der Waals surface area contributed by atoms with Crippen molar-refractivity contribution in [3.05, 3.63) is 30.5 Å². The van der Waals surface area contributed by atoms with E-state index in [1.807, 2.05) is 30.5 Å². The fraction of sp³-hybridized carbons (Fsp3) is 0.357. The summed E-state index contributed by atoms with van der Waals surface area (Å²) in [7, 11) is 0. The van der Waals surface area contributed by atoms with Crippen molar-refractivity contribution < 1.29 is 14.3 Å². The zero-order valence-electron chi connectivity index (χ0n) is 10.8. The van der Waals surface area contributed by atoms with Crippen LogP contribution in [-0.2, 0) is 9.53 Å². The third kappa shape index (κ3) is 2.47. The van der Waals surface area contributed by atoms with Gasteiger partial charge in [0.1, 0.15) is 5.75 Å². The maximum Gasteiger partial charge on any atom is 0.349 e. The van der Waals surface area contributed by atoms with Gasteiger partial charge in [-0.2, -0.15) is 0 Å². The number of aromatic amines is 1. The maximum absolute atomic E-state index is 11.7. The van der Waals surface area contributed by atoms with Crippen molar-refractivity contribution in [2.45, 2.75) is 26.4 Å². The highest BCUT2D eigenvalue weighted by atomic mass is 16.6. The van der Waals surface area contributed by atoms with Crippen LogP contribution in [0.1, 0.15) is 20.8 Å². The van der Waals surface area contributed by atoms with Crippen molar-refractivity contribution in [1.29, 1.82) is 0 Å². The predicted octanol–water partition coefficient (Wildman–Crippen LogP) is 2.89. The molecular weight excluding hydrogens is 230 g/mol. The zero-order valence-corrected chi connectivity index (χ0v) is 10.8. The van der Waals surface area contributed by atoms with Crippen molar-refractivity contribution in [3.8, 4) is 5.75 Å². The SMILES string of the molecule is CCOC(=O)C(C)(C)Oc1ccc2cc[nH]c2c1. The van der Waals surface area contributed by atoms with E-state index < -0.39 is 5.60 Å². The average Bonchev–Trinajstić information content (AvgIpc) is 2.76. The predicted molar refractivity (Wildman–Crippen MR) is 69.6 cm³/mol. The van der Waals surface area contributed by atoms with E-state index in [-0.39, 0.29) is 5.97 Å². The van der Waals surface area contributed by atoms with Crippen LogP contribution in [0.15, 0.2) is 30.5 Å². The van der Waals surface area contributed by atoms with E-state index in [0.717, 1.165) is 10.9 Å². The Morgan fingerprint density at radius 3 is 2.83 bits per heavy atom. The number of fused-ring (bicyclic) bond motifs is 1. The topological polar surface area (TPSA) is 51.3 Å². The van der Waals surface area contributed by atoms with Crippen molar-refractivity contribution in [3.63, 3.8) is 0 Å². The molecule has 0 bridgehead atoms. The van der Waals surface area contributed by atoms with Gasteiger partial charge in [0.15, 0.2) is 5.60 Å². The molecule has 0 saturated heterocycles. The second-order valence-electron chi connectivity index (χ2n) is 4.56. The number of esters is 1. The Morgan fingerprint density at radius 1 is 1.33 bits per heavy atom. The lowest BCUT2D eigenvalue weighted by atomic mass is 10.1. The lowest BCUT2D eigenvalue weighted by Gasteiger charge is -2.24. The van der Waals surface area contributed by atoms with Gasteiger partial charge in [0.25, 0.3) is 0 Å². The van der Waals surface area contributed by atoms with Gasteiger partial charge < -0.3 is 14.5 Å². The van der Waals surface area contributed by atoms with Crippen LogP contribution in [0.4, 0.5) is 0 Å². The monoisotopic (exact) mass is 247 g/mol. The highest BCUT2D eigenvalue weighted by Gasteiger charge is 2.31. The van der Waals surface area contributed by atoms with E-state index >= 15 is 0 Å². The van der Waals surface area contributed by atoms with Gasteiger partial charge in [-0.05, 0) is 44.4 Å². The van der Waals surface area contributed by atoms with Gasteiger partial charge in [0.2, 0.25) is 0 Å². The minimum Gasteiger partial charge on any atom is -0.476 e. The van der Waals surface area contributed by atoms with Crippen LogP contribution in [0.25, 0.3) is 10.9 Å². The molecule has 2 aromatic rings. The molecule has 1 aromatic carbocycles. The summed E-state index contributed by atoms with van der Waals surface area (Å²) in [6.45, 7) is 5.52. The fourth-order valence-corrected chi connectivity index (χ4v) is 1.73. The lowest BCUT2D eigenvalue weighted by Crippen LogP contribution is -2.39. The largest absolute Gasteiger partial charge is 0.476 e. The van der Waals surface area contributed by atoms with Crippen LogP contribution < -0.4 is 4.74 Å². The normalized spacial score (nSPS) is 11.5. The number of nitrogens with one attached hydrogen (secondary N) is 1. The van der Waals surface area contributed by atoms with Crippen LogP contribution in [0.5, 0.6) is 5.75 Å². The Labute approximate surface area is 106 Å². The maximum atomic E-state index is 11.7. The molecule has 1 N–H and O–H groups in total. The van der Waals surface area contributed by atoms with Gasteiger partial charge in [-0.1, -0.05) is 0 Å². The second kappa shape index (κ2) is 4.72. The molecule has 0 spiro atoms. The van der Waals surface area contributed by atoms with Gasteiger partial charge in [-0.15, -0.1) is 0 Å². The molecule has 96 valence electrons. The summed E-state index contributed by atoms with van der Waals surface area (Å²) in [5.74, 6) is 0.277. The number of benzene rings is 1. The molecule has 2 rings (SSSR count). The molecule has 18 heavy (non-hydrogen) atoms. The number of H-pyrrole nitrogens is 1. The van der Waals surface area contributed by atoms with Crippen molar-refractivity contribution in [1.82, 2.24) is 4.98 Å². The highest BCUT2D eigenvalue weighted by molar-refractivity contribution is 5.82. The van der Waals surface area contributed by atoms with E-state index in [2.05, 4.69) is 4.98 Å². The first-order valence-corrected chi connectivity index (χ1v) is 5.96. The van der Waals surface area contributed by atoms with Crippen LogP contribution in [0.3, 0.4) is 0 Å². The molecule has 0 aliphatic rings. The molecule has 1 aromatic heterocycles. The zero-order chi connectivity index (χ0) is 13.2. The third-order valence-electron chi connectivity index (χ3n) is 2.67. The second-order valence-corrected chi connectivity index (χ2v) is 4.56.